The molecule has 0 unspecified atom stereocenters. The highest BCUT2D eigenvalue weighted by Gasteiger charge is 2.34. The van der Waals surface area contributed by atoms with Crippen LogP contribution in [0.15, 0.2) is 58.1 Å². The molecule has 0 bridgehead atoms. The number of carbonyl (C=O) groups excluding carboxylic acids is 1. The Bertz CT molecular complexity index is 915. The van der Waals surface area contributed by atoms with Crippen molar-refractivity contribution in [3.63, 3.8) is 0 Å². The van der Waals surface area contributed by atoms with Crippen LogP contribution >= 0.6 is 11.3 Å². The second kappa shape index (κ2) is 6.01. The molecule has 1 aliphatic heterocycles. The van der Waals surface area contributed by atoms with Crippen LogP contribution < -0.4 is 5.56 Å². The zero-order valence-corrected chi connectivity index (χ0v) is 13.5. The van der Waals surface area contributed by atoms with E-state index in [4.69, 9.17) is 0 Å². The molecule has 1 saturated heterocycles. The van der Waals surface area contributed by atoms with Gasteiger partial charge in [-0.3, -0.25) is 9.59 Å². The third kappa shape index (κ3) is 2.63. The van der Waals surface area contributed by atoms with Crippen molar-refractivity contribution in [1.29, 1.82) is 0 Å². The van der Waals surface area contributed by atoms with Crippen LogP contribution in [0.5, 0.6) is 0 Å². The highest BCUT2D eigenvalue weighted by Crippen LogP contribution is 2.22. The van der Waals surface area contributed by atoms with Gasteiger partial charge in [-0.2, -0.15) is 5.10 Å². The van der Waals surface area contributed by atoms with Gasteiger partial charge in [0.15, 0.2) is 0 Å². The number of amides is 1. The van der Waals surface area contributed by atoms with E-state index in [1.165, 1.54) is 22.1 Å². The van der Waals surface area contributed by atoms with Gasteiger partial charge in [-0.05, 0) is 6.07 Å². The van der Waals surface area contributed by atoms with Crippen LogP contribution in [0.4, 0.5) is 0 Å². The van der Waals surface area contributed by atoms with E-state index in [1.54, 1.807) is 21.9 Å². The minimum Gasteiger partial charge on any atom is -0.333 e. The summed E-state index contributed by atoms with van der Waals surface area (Å²) >= 11 is 1.39. The standard InChI is InChI=1S/C17H14N4O2S/c22-16-7-6-14(12-4-2-1-3-5-12)19-21(16)13-8-20(9-13)17(23)15-10-24-11-18-15/h1-7,10-11,13H,8-9H2. The Kier molecular flexibility index (Phi) is 3.70. The molecule has 0 N–H and O–H groups in total. The van der Waals surface area contributed by atoms with Crippen LogP contribution in [0.3, 0.4) is 0 Å². The summed E-state index contributed by atoms with van der Waals surface area (Å²) in [4.78, 5) is 30.0. The zero-order valence-electron chi connectivity index (χ0n) is 12.7. The van der Waals surface area contributed by atoms with Gasteiger partial charge in [0.1, 0.15) is 5.69 Å². The average Bonchev–Trinajstić information content (AvgIpc) is 3.10. The molecule has 0 spiro atoms. The maximum absolute atomic E-state index is 12.2. The second-order valence-corrected chi connectivity index (χ2v) is 6.32. The monoisotopic (exact) mass is 338 g/mol. The van der Waals surface area contributed by atoms with E-state index in [-0.39, 0.29) is 17.5 Å². The van der Waals surface area contributed by atoms with Crippen LogP contribution in [0, 0.1) is 0 Å². The van der Waals surface area contributed by atoms with E-state index in [9.17, 15) is 9.59 Å². The smallest absolute Gasteiger partial charge is 0.273 e. The lowest BCUT2D eigenvalue weighted by Crippen LogP contribution is -2.53. The number of benzene rings is 1. The van der Waals surface area contributed by atoms with Crippen molar-refractivity contribution >= 4 is 17.2 Å². The Morgan fingerprint density at radius 2 is 1.92 bits per heavy atom. The van der Waals surface area contributed by atoms with Gasteiger partial charge in [0, 0.05) is 30.1 Å². The molecule has 3 heterocycles. The number of hydrogen-bond donors (Lipinski definition) is 0. The summed E-state index contributed by atoms with van der Waals surface area (Å²) < 4.78 is 1.48. The van der Waals surface area contributed by atoms with Gasteiger partial charge < -0.3 is 4.90 Å². The molecular weight excluding hydrogens is 324 g/mol. The molecule has 2 aromatic heterocycles. The summed E-state index contributed by atoms with van der Waals surface area (Å²) in [7, 11) is 0. The van der Waals surface area contributed by atoms with Crippen molar-refractivity contribution in [2.45, 2.75) is 6.04 Å². The molecule has 1 amide bonds. The lowest BCUT2D eigenvalue weighted by Gasteiger charge is -2.38. The maximum Gasteiger partial charge on any atom is 0.273 e. The molecule has 0 saturated carbocycles. The van der Waals surface area contributed by atoms with E-state index in [1.807, 2.05) is 30.3 Å². The van der Waals surface area contributed by atoms with Crippen molar-refractivity contribution < 1.29 is 4.79 Å². The summed E-state index contributed by atoms with van der Waals surface area (Å²) in [6, 6.07) is 12.9. The van der Waals surface area contributed by atoms with E-state index in [2.05, 4.69) is 10.1 Å². The molecule has 4 rings (SSSR count). The fraction of sp³-hybridized carbons (Fsp3) is 0.176. The molecule has 3 aromatic rings. The summed E-state index contributed by atoms with van der Waals surface area (Å²) in [6.07, 6.45) is 0. The van der Waals surface area contributed by atoms with Gasteiger partial charge >= 0.3 is 0 Å². The number of rotatable bonds is 3. The molecule has 1 fully saturated rings. The Morgan fingerprint density at radius 3 is 2.62 bits per heavy atom. The van der Waals surface area contributed by atoms with Crippen LogP contribution in [0.2, 0.25) is 0 Å². The van der Waals surface area contributed by atoms with Gasteiger partial charge in [-0.1, -0.05) is 30.3 Å². The predicted octanol–water partition coefficient (Wildman–Crippen LogP) is 2.06. The molecule has 1 aliphatic rings. The number of hydrogen-bond acceptors (Lipinski definition) is 5. The third-order valence-electron chi connectivity index (χ3n) is 4.04. The highest BCUT2D eigenvalue weighted by molar-refractivity contribution is 7.07. The number of nitrogens with zero attached hydrogens (tertiary/aromatic N) is 4. The van der Waals surface area contributed by atoms with Crippen LogP contribution in [0.25, 0.3) is 11.3 Å². The van der Waals surface area contributed by atoms with Gasteiger partial charge in [0.05, 0.1) is 17.2 Å². The molecular formula is C17H14N4O2S. The molecule has 120 valence electrons. The van der Waals surface area contributed by atoms with Gasteiger partial charge in [-0.25, -0.2) is 9.67 Å². The van der Waals surface area contributed by atoms with E-state index in [0.29, 0.717) is 18.8 Å². The third-order valence-corrected chi connectivity index (χ3v) is 4.63. The first-order valence-electron chi connectivity index (χ1n) is 7.55. The Hall–Kier alpha value is -2.80. The molecule has 0 radical (unpaired) electrons. The van der Waals surface area contributed by atoms with Crippen molar-refractivity contribution in [3.05, 3.63) is 69.4 Å². The van der Waals surface area contributed by atoms with Crippen LogP contribution in [-0.2, 0) is 0 Å². The zero-order chi connectivity index (χ0) is 16.5. The molecule has 1 aromatic carbocycles. The predicted molar refractivity (Wildman–Crippen MR) is 91.0 cm³/mol. The lowest BCUT2D eigenvalue weighted by molar-refractivity contribution is 0.0488. The first kappa shape index (κ1) is 14.8. The lowest BCUT2D eigenvalue weighted by atomic mass is 10.1. The highest BCUT2D eigenvalue weighted by atomic mass is 32.1. The van der Waals surface area contributed by atoms with E-state index >= 15 is 0 Å². The number of aromatic nitrogens is 3. The first-order valence-corrected chi connectivity index (χ1v) is 8.49. The van der Waals surface area contributed by atoms with E-state index in [0.717, 1.165) is 11.3 Å². The molecule has 0 aliphatic carbocycles. The number of likely N-dealkylation sites (tertiary alicyclic amines) is 1. The maximum atomic E-state index is 12.2. The Labute approximate surface area is 142 Å². The molecule has 24 heavy (non-hydrogen) atoms. The minimum absolute atomic E-state index is 0.0938. The van der Waals surface area contributed by atoms with Gasteiger partial charge in [0.25, 0.3) is 11.5 Å². The normalized spacial score (nSPS) is 14.4. The molecule has 0 atom stereocenters. The summed E-state index contributed by atoms with van der Waals surface area (Å²) in [6.45, 7) is 0.947. The average molecular weight is 338 g/mol. The summed E-state index contributed by atoms with van der Waals surface area (Å²) in [5, 5.41) is 6.21. The number of thiazole rings is 1. The van der Waals surface area contributed by atoms with Crippen molar-refractivity contribution in [1.82, 2.24) is 19.7 Å². The number of carbonyl (C=O) groups is 1. The quantitative estimate of drug-likeness (QED) is 0.733. The van der Waals surface area contributed by atoms with Crippen LogP contribution in [0.1, 0.15) is 16.5 Å². The Balaban J connectivity index is 1.54. The second-order valence-electron chi connectivity index (χ2n) is 5.61. The molecule has 6 nitrogen and oxygen atoms in total. The summed E-state index contributed by atoms with van der Waals surface area (Å²) in [5.74, 6) is -0.0974. The largest absolute Gasteiger partial charge is 0.333 e. The Morgan fingerprint density at radius 1 is 1.12 bits per heavy atom. The van der Waals surface area contributed by atoms with Gasteiger partial charge in [-0.15, -0.1) is 11.3 Å². The topological polar surface area (TPSA) is 68.1 Å². The summed E-state index contributed by atoms with van der Waals surface area (Å²) in [5.41, 5.74) is 3.65. The van der Waals surface area contributed by atoms with E-state index < -0.39 is 0 Å². The first-order chi connectivity index (χ1) is 11.7. The fourth-order valence-electron chi connectivity index (χ4n) is 2.71. The van der Waals surface area contributed by atoms with Crippen molar-refractivity contribution in [3.8, 4) is 11.3 Å². The molecule has 7 heteroatoms. The van der Waals surface area contributed by atoms with Gasteiger partial charge in [0.2, 0.25) is 0 Å². The fourth-order valence-corrected chi connectivity index (χ4v) is 3.23. The van der Waals surface area contributed by atoms with Crippen molar-refractivity contribution in [2.75, 3.05) is 13.1 Å². The SMILES string of the molecule is O=C(c1cscn1)N1CC(n2nc(-c3ccccc3)ccc2=O)C1. The van der Waals surface area contributed by atoms with Crippen molar-refractivity contribution in [2.24, 2.45) is 0 Å². The minimum atomic E-state index is -0.152. The van der Waals surface area contributed by atoms with Crippen LogP contribution in [-0.4, -0.2) is 38.7 Å².